The second-order valence-electron chi connectivity index (χ2n) is 7.31. The molecule has 1 aromatic rings. The zero-order chi connectivity index (χ0) is 18.2. The van der Waals surface area contributed by atoms with Crippen molar-refractivity contribution in [3.63, 3.8) is 0 Å². The van der Waals surface area contributed by atoms with Gasteiger partial charge in [-0.2, -0.15) is 0 Å². The fraction of sp³-hybridized carbons (Fsp3) is 0.737. The number of ether oxygens (including phenoxy) is 1. The van der Waals surface area contributed by atoms with Crippen LogP contribution in [-0.4, -0.2) is 35.4 Å². The van der Waals surface area contributed by atoms with E-state index in [0.29, 0.717) is 24.6 Å². The summed E-state index contributed by atoms with van der Waals surface area (Å²) in [6.07, 6.45) is 7.77. The quantitative estimate of drug-likeness (QED) is 0.612. The van der Waals surface area contributed by atoms with E-state index in [1.807, 2.05) is 4.90 Å². The zero-order valence-electron chi connectivity index (χ0n) is 15.6. The summed E-state index contributed by atoms with van der Waals surface area (Å²) < 4.78 is 4.70. The Labute approximate surface area is 154 Å². The monoisotopic (exact) mass is 366 g/mol. The minimum atomic E-state index is -0.427. The zero-order valence-corrected chi connectivity index (χ0v) is 16.4. The Morgan fingerprint density at radius 3 is 2.72 bits per heavy atom. The summed E-state index contributed by atoms with van der Waals surface area (Å²) in [6.45, 7) is 5.56. The van der Waals surface area contributed by atoms with E-state index < -0.39 is 5.97 Å². The Kier molecular flexibility index (Phi) is 7.88. The van der Waals surface area contributed by atoms with Crippen LogP contribution in [0.4, 0.5) is 0 Å². The van der Waals surface area contributed by atoms with Gasteiger partial charge in [-0.25, -0.2) is 9.78 Å². The molecule has 1 aromatic heterocycles. The Morgan fingerprint density at radius 2 is 2.08 bits per heavy atom. The summed E-state index contributed by atoms with van der Waals surface area (Å²) in [5, 5.41) is 2.49. The molecule has 0 atom stereocenters. The number of nitrogens with zero attached hydrogens (tertiary/aromatic N) is 2. The van der Waals surface area contributed by atoms with E-state index >= 15 is 0 Å². The normalized spacial score (nSPS) is 14.9. The van der Waals surface area contributed by atoms with E-state index in [1.54, 1.807) is 5.38 Å². The van der Waals surface area contributed by atoms with Crippen molar-refractivity contribution >= 4 is 23.2 Å². The summed E-state index contributed by atoms with van der Waals surface area (Å²) in [7, 11) is 1.35. The molecule has 0 N–H and O–H groups in total. The molecule has 0 bridgehead atoms. The van der Waals surface area contributed by atoms with Gasteiger partial charge in [0.15, 0.2) is 5.69 Å². The lowest BCUT2D eigenvalue weighted by Crippen LogP contribution is -2.32. The second-order valence-corrected chi connectivity index (χ2v) is 8.25. The van der Waals surface area contributed by atoms with Crippen LogP contribution in [0.1, 0.15) is 74.3 Å². The molecule has 6 heteroatoms. The third-order valence-electron chi connectivity index (χ3n) is 4.84. The fourth-order valence-electron chi connectivity index (χ4n) is 3.24. The van der Waals surface area contributed by atoms with Crippen LogP contribution >= 0.6 is 11.3 Å². The number of methoxy groups -OCH3 is 1. The number of hydrogen-bond acceptors (Lipinski definition) is 5. The molecule has 140 valence electrons. The van der Waals surface area contributed by atoms with Gasteiger partial charge in [-0.1, -0.05) is 39.5 Å². The summed E-state index contributed by atoms with van der Waals surface area (Å²) in [6, 6.07) is 0. The molecule has 1 saturated carbocycles. The summed E-state index contributed by atoms with van der Waals surface area (Å²) in [5.41, 5.74) is 0.324. The second kappa shape index (κ2) is 9.90. The summed E-state index contributed by atoms with van der Waals surface area (Å²) in [4.78, 5) is 30.5. The molecular weight excluding hydrogens is 336 g/mol. The molecule has 1 aliphatic carbocycles. The van der Waals surface area contributed by atoms with Gasteiger partial charge in [0.2, 0.25) is 5.91 Å². The number of carbonyl (C=O) groups is 2. The van der Waals surface area contributed by atoms with Crippen molar-refractivity contribution in [2.75, 3.05) is 13.7 Å². The average molecular weight is 367 g/mol. The highest BCUT2D eigenvalue weighted by Gasteiger charge is 2.21. The number of hydrogen-bond donors (Lipinski definition) is 0. The molecule has 5 nitrogen and oxygen atoms in total. The van der Waals surface area contributed by atoms with E-state index in [-0.39, 0.29) is 5.91 Å². The molecule has 1 heterocycles. The SMILES string of the molecule is COC(=O)c1csc(CN(CCC(C)C)C(=O)CCC2CCCC2)n1. The van der Waals surface area contributed by atoms with Crippen molar-refractivity contribution < 1.29 is 14.3 Å². The summed E-state index contributed by atoms with van der Waals surface area (Å²) >= 11 is 1.41. The minimum absolute atomic E-state index is 0.211. The molecule has 0 radical (unpaired) electrons. The van der Waals surface area contributed by atoms with Crippen LogP contribution in [0.3, 0.4) is 0 Å². The van der Waals surface area contributed by atoms with Crippen LogP contribution in [0, 0.1) is 11.8 Å². The first-order valence-corrected chi connectivity index (χ1v) is 10.2. The van der Waals surface area contributed by atoms with Gasteiger partial charge in [0.1, 0.15) is 5.01 Å². The highest BCUT2D eigenvalue weighted by atomic mass is 32.1. The van der Waals surface area contributed by atoms with Gasteiger partial charge in [0, 0.05) is 18.3 Å². The van der Waals surface area contributed by atoms with E-state index in [1.165, 1.54) is 44.1 Å². The maximum atomic E-state index is 12.7. The largest absolute Gasteiger partial charge is 0.464 e. The molecule has 1 amide bonds. The molecule has 0 spiro atoms. The number of amides is 1. The van der Waals surface area contributed by atoms with E-state index in [2.05, 4.69) is 18.8 Å². The van der Waals surface area contributed by atoms with Gasteiger partial charge in [0.25, 0.3) is 0 Å². The van der Waals surface area contributed by atoms with Crippen LogP contribution in [0.2, 0.25) is 0 Å². The van der Waals surface area contributed by atoms with Gasteiger partial charge in [-0.15, -0.1) is 11.3 Å². The fourth-order valence-corrected chi connectivity index (χ4v) is 4.01. The van der Waals surface area contributed by atoms with E-state index in [0.717, 1.165) is 30.3 Å². The van der Waals surface area contributed by atoms with Crippen LogP contribution in [-0.2, 0) is 16.1 Å². The minimum Gasteiger partial charge on any atom is -0.464 e. The first-order valence-electron chi connectivity index (χ1n) is 9.30. The highest BCUT2D eigenvalue weighted by Crippen LogP contribution is 2.29. The van der Waals surface area contributed by atoms with Crippen LogP contribution < -0.4 is 0 Å². The van der Waals surface area contributed by atoms with Gasteiger partial charge < -0.3 is 9.64 Å². The molecule has 1 aliphatic rings. The molecule has 0 unspecified atom stereocenters. The van der Waals surface area contributed by atoms with Crippen molar-refractivity contribution in [1.29, 1.82) is 0 Å². The molecule has 2 rings (SSSR count). The number of carbonyl (C=O) groups excluding carboxylic acids is 2. The Hall–Kier alpha value is -1.43. The number of esters is 1. The van der Waals surface area contributed by atoms with Gasteiger partial charge in [-0.3, -0.25) is 4.79 Å². The topological polar surface area (TPSA) is 59.5 Å². The third-order valence-corrected chi connectivity index (χ3v) is 5.68. The predicted molar refractivity (Wildman–Crippen MR) is 99.5 cm³/mol. The Balaban J connectivity index is 1.94. The maximum Gasteiger partial charge on any atom is 0.357 e. The molecule has 0 saturated heterocycles. The molecule has 1 fully saturated rings. The van der Waals surface area contributed by atoms with Crippen molar-refractivity contribution in [2.24, 2.45) is 11.8 Å². The van der Waals surface area contributed by atoms with Crippen LogP contribution in [0.15, 0.2) is 5.38 Å². The number of aromatic nitrogens is 1. The lowest BCUT2D eigenvalue weighted by atomic mass is 10.0. The highest BCUT2D eigenvalue weighted by molar-refractivity contribution is 7.09. The molecular formula is C19H30N2O3S. The summed E-state index contributed by atoms with van der Waals surface area (Å²) in [5.74, 6) is 1.06. The maximum absolute atomic E-state index is 12.7. The van der Waals surface area contributed by atoms with Crippen molar-refractivity contribution in [3.8, 4) is 0 Å². The lowest BCUT2D eigenvalue weighted by molar-refractivity contribution is -0.132. The first-order chi connectivity index (χ1) is 12.0. The molecule has 0 aromatic carbocycles. The standard InChI is InChI=1S/C19H30N2O3S/c1-14(2)10-11-21(18(22)9-8-15-6-4-5-7-15)12-17-20-16(13-25-17)19(23)24-3/h13-15H,4-12H2,1-3H3. The van der Waals surface area contributed by atoms with Gasteiger partial charge in [-0.05, 0) is 24.7 Å². The molecule has 0 aliphatic heterocycles. The Morgan fingerprint density at radius 1 is 1.36 bits per heavy atom. The number of thiazole rings is 1. The van der Waals surface area contributed by atoms with Crippen molar-refractivity contribution in [2.45, 2.75) is 65.3 Å². The number of rotatable bonds is 9. The first kappa shape index (κ1) is 19.9. The van der Waals surface area contributed by atoms with Gasteiger partial charge >= 0.3 is 5.97 Å². The third kappa shape index (κ3) is 6.42. The predicted octanol–water partition coefficient (Wildman–Crippen LogP) is 4.27. The average Bonchev–Trinajstić information content (AvgIpc) is 3.27. The van der Waals surface area contributed by atoms with Crippen LogP contribution in [0.25, 0.3) is 0 Å². The van der Waals surface area contributed by atoms with E-state index in [9.17, 15) is 9.59 Å². The smallest absolute Gasteiger partial charge is 0.357 e. The Bertz CT molecular complexity index is 565. The van der Waals surface area contributed by atoms with Crippen molar-refractivity contribution in [1.82, 2.24) is 9.88 Å². The van der Waals surface area contributed by atoms with Crippen LogP contribution in [0.5, 0.6) is 0 Å². The molecule has 25 heavy (non-hydrogen) atoms. The lowest BCUT2D eigenvalue weighted by Gasteiger charge is -2.23. The van der Waals surface area contributed by atoms with E-state index in [4.69, 9.17) is 4.74 Å². The van der Waals surface area contributed by atoms with Crippen molar-refractivity contribution in [3.05, 3.63) is 16.1 Å². The van der Waals surface area contributed by atoms with Gasteiger partial charge in [0.05, 0.1) is 13.7 Å².